The number of hydrogen-bond acceptors (Lipinski definition) is 2. The normalized spacial score (nSPS) is 14.1. The van der Waals surface area contributed by atoms with Crippen molar-refractivity contribution in [2.45, 2.75) is 71.9 Å². The number of carboxylic acid groups (broad SMARTS) is 1. The van der Waals surface area contributed by atoms with Crippen LogP contribution in [0.1, 0.15) is 59.8 Å². The fourth-order valence-corrected chi connectivity index (χ4v) is 1.74. The van der Waals surface area contributed by atoms with E-state index in [1.54, 1.807) is 0 Å². The lowest BCUT2D eigenvalue weighted by Crippen LogP contribution is -2.42. The number of hydrogen-bond donors (Lipinski definition) is 2. The van der Waals surface area contributed by atoms with Gasteiger partial charge in [0.1, 0.15) is 6.04 Å². The van der Waals surface area contributed by atoms with Gasteiger partial charge in [-0.1, -0.05) is 31.4 Å². The fourth-order valence-electron chi connectivity index (χ4n) is 1.74. The van der Waals surface area contributed by atoms with E-state index in [0.29, 0.717) is 0 Å². The molecule has 0 bridgehead atoms. The Morgan fingerprint density at radius 2 is 2.00 bits per heavy atom. The molecule has 2 N–H and O–H groups in total. The Labute approximate surface area is 105 Å². The molecule has 0 saturated heterocycles. The molecule has 0 heterocycles. The third-order valence-electron chi connectivity index (χ3n) is 2.78. The van der Waals surface area contributed by atoms with Crippen molar-refractivity contribution in [2.75, 3.05) is 0 Å². The molecule has 17 heavy (non-hydrogen) atoms. The molecule has 3 nitrogen and oxygen atoms in total. The zero-order chi connectivity index (χ0) is 13.3. The highest BCUT2D eigenvalue weighted by molar-refractivity contribution is 5.73. The maximum atomic E-state index is 11.0. The fraction of sp³-hybridized carbons (Fsp3) is 0.786. The van der Waals surface area contributed by atoms with Gasteiger partial charge in [-0.05, 0) is 40.0 Å². The van der Waals surface area contributed by atoms with Gasteiger partial charge >= 0.3 is 5.97 Å². The SMILES string of the molecule is CCCCC(NC(C)CCC=C(C)C)C(=O)O. The van der Waals surface area contributed by atoms with E-state index in [-0.39, 0.29) is 6.04 Å². The predicted octanol–water partition coefficient (Wildman–Crippen LogP) is 3.35. The van der Waals surface area contributed by atoms with Crippen LogP contribution in [0.5, 0.6) is 0 Å². The lowest BCUT2D eigenvalue weighted by molar-refractivity contribution is -0.139. The zero-order valence-corrected chi connectivity index (χ0v) is 11.6. The van der Waals surface area contributed by atoms with Gasteiger partial charge in [-0.3, -0.25) is 4.79 Å². The Bertz CT molecular complexity index is 245. The van der Waals surface area contributed by atoms with Gasteiger partial charge in [0, 0.05) is 6.04 Å². The molecule has 0 spiro atoms. The topological polar surface area (TPSA) is 49.3 Å². The number of carbonyl (C=O) groups is 1. The van der Waals surface area contributed by atoms with Crippen molar-refractivity contribution < 1.29 is 9.90 Å². The zero-order valence-electron chi connectivity index (χ0n) is 11.6. The van der Waals surface area contributed by atoms with Gasteiger partial charge in [-0.25, -0.2) is 0 Å². The number of carboxylic acids is 1. The van der Waals surface area contributed by atoms with E-state index >= 15 is 0 Å². The first-order valence-electron chi connectivity index (χ1n) is 6.59. The second-order valence-corrected chi connectivity index (χ2v) is 4.96. The average Bonchev–Trinajstić information content (AvgIpc) is 2.23. The van der Waals surface area contributed by atoms with Crippen LogP contribution >= 0.6 is 0 Å². The van der Waals surface area contributed by atoms with Gasteiger partial charge < -0.3 is 10.4 Å². The summed E-state index contributed by atoms with van der Waals surface area (Å²) in [4.78, 5) is 11.0. The molecule has 0 aromatic rings. The molecule has 0 amide bonds. The molecule has 3 heteroatoms. The monoisotopic (exact) mass is 241 g/mol. The molecule has 0 rings (SSSR count). The summed E-state index contributed by atoms with van der Waals surface area (Å²) in [5.74, 6) is -0.729. The van der Waals surface area contributed by atoms with Gasteiger partial charge in [0.05, 0.1) is 0 Å². The highest BCUT2D eigenvalue weighted by Gasteiger charge is 2.18. The molecule has 0 radical (unpaired) electrons. The van der Waals surface area contributed by atoms with Crippen LogP contribution in [0.2, 0.25) is 0 Å². The van der Waals surface area contributed by atoms with Gasteiger partial charge in [-0.2, -0.15) is 0 Å². The number of allylic oxidation sites excluding steroid dienone is 2. The van der Waals surface area contributed by atoms with Crippen molar-refractivity contribution in [1.82, 2.24) is 5.32 Å². The Balaban J connectivity index is 3.98. The molecule has 0 aromatic heterocycles. The smallest absolute Gasteiger partial charge is 0.320 e. The van der Waals surface area contributed by atoms with Crippen molar-refractivity contribution in [3.8, 4) is 0 Å². The van der Waals surface area contributed by atoms with E-state index in [4.69, 9.17) is 5.11 Å². The first-order valence-corrected chi connectivity index (χ1v) is 6.59. The van der Waals surface area contributed by atoms with Crippen molar-refractivity contribution in [3.05, 3.63) is 11.6 Å². The second kappa shape index (κ2) is 9.23. The minimum atomic E-state index is -0.729. The van der Waals surface area contributed by atoms with Crippen LogP contribution in [0.25, 0.3) is 0 Å². The molecule has 0 aliphatic carbocycles. The Kier molecular flexibility index (Phi) is 8.78. The number of aliphatic carboxylic acids is 1. The Morgan fingerprint density at radius 1 is 1.35 bits per heavy atom. The van der Waals surface area contributed by atoms with E-state index in [1.165, 1.54) is 5.57 Å². The maximum absolute atomic E-state index is 11.0. The Morgan fingerprint density at radius 3 is 2.47 bits per heavy atom. The minimum Gasteiger partial charge on any atom is -0.480 e. The highest BCUT2D eigenvalue weighted by Crippen LogP contribution is 2.06. The molecular weight excluding hydrogens is 214 g/mol. The standard InChI is InChI=1S/C14H27NO2/c1-5-6-10-13(14(16)17)15-12(4)9-7-8-11(2)3/h8,12-13,15H,5-7,9-10H2,1-4H3,(H,16,17). The summed E-state index contributed by atoms with van der Waals surface area (Å²) in [6, 6.07) is -0.139. The minimum absolute atomic E-state index is 0.253. The van der Waals surface area contributed by atoms with Gasteiger partial charge in [-0.15, -0.1) is 0 Å². The summed E-state index contributed by atoms with van der Waals surface area (Å²) < 4.78 is 0. The quantitative estimate of drug-likeness (QED) is 0.609. The molecule has 100 valence electrons. The Hall–Kier alpha value is -0.830. The molecule has 0 fully saturated rings. The first kappa shape index (κ1) is 16.2. The summed E-state index contributed by atoms with van der Waals surface area (Å²) >= 11 is 0. The summed E-state index contributed by atoms with van der Waals surface area (Å²) in [5, 5.41) is 12.3. The number of unbranched alkanes of at least 4 members (excludes halogenated alkanes) is 1. The summed E-state index contributed by atoms with van der Waals surface area (Å²) in [7, 11) is 0. The van der Waals surface area contributed by atoms with Crippen molar-refractivity contribution in [1.29, 1.82) is 0 Å². The van der Waals surface area contributed by atoms with Crippen molar-refractivity contribution in [3.63, 3.8) is 0 Å². The highest BCUT2D eigenvalue weighted by atomic mass is 16.4. The second-order valence-electron chi connectivity index (χ2n) is 4.96. The van der Waals surface area contributed by atoms with Crippen LogP contribution < -0.4 is 5.32 Å². The summed E-state index contributed by atoms with van der Waals surface area (Å²) in [6.45, 7) is 8.30. The van der Waals surface area contributed by atoms with E-state index in [9.17, 15) is 4.79 Å². The number of rotatable bonds is 9. The maximum Gasteiger partial charge on any atom is 0.320 e. The molecular formula is C14H27NO2. The van der Waals surface area contributed by atoms with E-state index in [2.05, 4.69) is 39.1 Å². The van der Waals surface area contributed by atoms with Crippen LogP contribution in [0.4, 0.5) is 0 Å². The van der Waals surface area contributed by atoms with Gasteiger partial charge in [0.15, 0.2) is 0 Å². The van der Waals surface area contributed by atoms with Crippen LogP contribution in [0.15, 0.2) is 11.6 Å². The molecule has 0 aromatic carbocycles. The predicted molar refractivity (Wildman–Crippen MR) is 72.2 cm³/mol. The van der Waals surface area contributed by atoms with E-state index < -0.39 is 12.0 Å². The lowest BCUT2D eigenvalue weighted by atomic mass is 10.1. The molecule has 2 atom stereocenters. The van der Waals surface area contributed by atoms with E-state index in [0.717, 1.165) is 32.1 Å². The van der Waals surface area contributed by atoms with Crippen LogP contribution in [-0.2, 0) is 4.79 Å². The van der Waals surface area contributed by atoms with Crippen molar-refractivity contribution >= 4 is 5.97 Å². The molecule has 0 aliphatic heterocycles. The van der Waals surface area contributed by atoms with Crippen LogP contribution in [0.3, 0.4) is 0 Å². The lowest BCUT2D eigenvalue weighted by Gasteiger charge is -2.19. The van der Waals surface area contributed by atoms with Gasteiger partial charge in [0.25, 0.3) is 0 Å². The molecule has 0 saturated carbocycles. The van der Waals surface area contributed by atoms with E-state index in [1.807, 2.05) is 0 Å². The number of nitrogens with one attached hydrogen (secondary N) is 1. The average molecular weight is 241 g/mol. The third-order valence-corrected chi connectivity index (χ3v) is 2.78. The van der Waals surface area contributed by atoms with Crippen LogP contribution in [0, 0.1) is 0 Å². The van der Waals surface area contributed by atoms with Gasteiger partial charge in [0.2, 0.25) is 0 Å². The molecule has 2 unspecified atom stereocenters. The van der Waals surface area contributed by atoms with Crippen molar-refractivity contribution in [2.24, 2.45) is 0 Å². The summed E-state index contributed by atoms with van der Waals surface area (Å²) in [6.07, 6.45) is 6.92. The largest absolute Gasteiger partial charge is 0.480 e. The van der Waals surface area contributed by atoms with Crippen LogP contribution in [-0.4, -0.2) is 23.2 Å². The molecule has 0 aliphatic rings. The summed E-state index contributed by atoms with van der Waals surface area (Å²) in [5.41, 5.74) is 1.32. The third kappa shape index (κ3) is 8.93. The first-order chi connectivity index (χ1) is 7.97.